The fourth-order valence-corrected chi connectivity index (χ4v) is 4.34. The van der Waals surface area contributed by atoms with Crippen LogP contribution in [0.1, 0.15) is 5.56 Å². The molecule has 0 bridgehead atoms. The van der Waals surface area contributed by atoms with E-state index in [4.69, 9.17) is 22.1 Å². The summed E-state index contributed by atoms with van der Waals surface area (Å²) in [6, 6.07) is 0. The molecule has 138 valence electrons. The number of nitrogen functional groups attached to an aromatic ring is 1. The van der Waals surface area contributed by atoms with Gasteiger partial charge in [0.25, 0.3) is 0 Å². The second-order valence-corrected chi connectivity index (χ2v) is 7.24. The molecule has 0 amide bonds. The Bertz CT molecular complexity index is 949. The molecule has 1 fully saturated rings. The lowest BCUT2D eigenvalue weighted by molar-refractivity contribution is -0.145. The third-order valence-corrected chi connectivity index (χ3v) is 5.88. The van der Waals surface area contributed by atoms with Crippen molar-refractivity contribution in [3.05, 3.63) is 34.0 Å². The Morgan fingerprint density at radius 2 is 2.12 bits per heavy atom. The Balaban J connectivity index is 1.91. The minimum absolute atomic E-state index is 0.138. The standard InChI is InChI=1S/C15H16ClN5O4S/c16-8-4-26-3-7(8)1-15(12(24)11(23)9(2-22)25-15)21-6-20-10-13(17)18-5-19-14(10)21/h3-6,9,11-12,22-24H,1-2H2,(H2,17,18,19)/t9-,11-,12-,15-/m1/s1. The van der Waals surface area contributed by atoms with Gasteiger partial charge in [-0.3, -0.25) is 4.57 Å². The van der Waals surface area contributed by atoms with Gasteiger partial charge in [0.2, 0.25) is 0 Å². The Kier molecular flexibility index (Phi) is 4.34. The van der Waals surface area contributed by atoms with Gasteiger partial charge in [0.15, 0.2) is 17.2 Å². The highest BCUT2D eigenvalue weighted by Gasteiger charge is 2.56. The van der Waals surface area contributed by atoms with Crippen molar-refractivity contribution in [3.8, 4) is 0 Å². The lowest BCUT2D eigenvalue weighted by Gasteiger charge is -2.33. The molecule has 3 aromatic heterocycles. The summed E-state index contributed by atoms with van der Waals surface area (Å²) in [5.74, 6) is 0.184. The summed E-state index contributed by atoms with van der Waals surface area (Å²) >= 11 is 7.64. The van der Waals surface area contributed by atoms with Gasteiger partial charge in [0.05, 0.1) is 18.0 Å². The van der Waals surface area contributed by atoms with E-state index in [0.717, 1.165) is 5.56 Å². The number of hydrogen-bond acceptors (Lipinski definition) is 9. The lowest BCUT2D eigenvalue weighted by Crippen LogP contribution is -2.47. The number of ether oxygens (including phenoxy) is 1. The Hall–Kier alpha value is -1.82. The molecule has 1 aliphatic rings. The van der Waals surface area contributed by atoms with Crippen molar-refractivity contribution in [3.63, 3.8) is 0 Å². The van der Waals surface area contributed by atoms with Crippen LogP contribution in [0.4, 0.5) is 5.82 Å². The van der Waals surface area contributed by atoms with Gasteiger partial charge in [-0.15, -0.1) is 0 Å². The quantitative estimate of drug-likeness (QED) is 0.487. The van der Waals surface area contributed by atoms with Gasteiger partial charge >= 0.3 is 0 Å². The number of aromatic nitrogens is 4. The second-order valence-electron chi connectivity index (χ2n) is 6.09. The van der Waals surface area contributed by atoms with Gasteiger partial charge in [0.1, 0.15) is 30.2 Å². The first-order chi connectivity index (χ1) is 12.5. The number of hydrogen-bond donors (Lipinski definition) is 4. The Morgan fingerprint density at radius 1 is 1.31 bits per heavy atom. The maximum Gasteiger partial charge on any atom is 0.180 e. The number of thiophene rings is 1. The monoisotopic (exact) mass is 397 g/mol. The van der Waals surface area contributed by atoms with Crippen LogP contribution in [0.3, 0.4) is 0 Å². The Morgan fingerprint density at radius 3 is 2.77 bits per heavy atom. The molecule has 4 rings (SSSR count). The largest absolute Gasteiger partial charge is 0.394 e. The van der Waals surface area contributed by atoms with E-state index >= 15 is 0 Å². The second kappa shape index (κ2) is 6.41. The molecule has 1 saturated heterocycles. The minimum Gasteiger partial charge on any atom is -0.394 e. The zero-order valence-electron chi connectivity index (χ0n) is 13.4. The van der Waals surface area contributed by atoms with E-state index in [2.05, 4.69) is 15.0 Å². The maximum absolute atomic E-state index is 10.9. The maximum atomic E-state index is 10.9. The van der Waals surface area contributed by atoms with Crippen LogP contribution < -0.4 is 5.73 Å². The average molecular weight is 398 g/mol. The van der Waals surface area contributed by atoms with E-state index in [1.807, 2.05) is 5.38 Å². The third-order valence-electron chi connectivity index (χ3n) is 4.60. The number of rotatable bonds is 4. The third kappa shape index (κ3) is 2.49. The number of imidazole rings is 1. The normalized spacial score (nSPS) is 28.8. The van der Waals surface area contributed by atoms with Crippen molar-refractivity contribution >= 4 is 39.9 Å². The molecule has 5 N–H and O–H groups in total. The molecule has 0 unspecified atom stereocenters. The number of nitrogens with two attached hydrogens (primary N) is 1. The van der Waals surface area contributed by atoms with E-state index < -0.39 is 30.6 Å². The van der Waals surface area contributed by atoms with Crippen molar-refractivity contribution < 1.29 is 20.1 Å². The Labute approximate surface area is 156 Å². The van der Waals surface area contributed by atoms with Crippen molar-refractivity contribution in [1.29, 1.82) is 0 Å². The smallest absolute Gasteiger partial charge is 0.180 e. The predicted molar refractivity (Wildman–Crippen MR) is 94.7 cm³/mol. The van der Waals surface area contributed by atoms with Crippen LogP contribution in [0, 0.1) is 0 Å². The van der Waals surface area contributed by atoms with E-state index in [-0.39, 0.29) is 12.2 Å². The first-order valence-corrected chi connectivity index (χ1v) is 9.09. The van der Waals surface area contributed by atoms with Gasteiger partial charge in [-0.2, -0.15) is 11.3 Å². The molecule has 0 spiro atoms. The number of halogens is 1. The van der Waals surface area contributed by atoms with Crippen molar-refractivity contribution in [1.82, 2.24) is 19.5 Å². The number of aliphatic hydroxyl groups excluding tert-OH is 3. The highest BCUT2D eigenvalue weighted by atomic mass is 35.5. The first-order valence-electron chi connectivity index (χ1n) is 7.77. The molecule has 0 aromatic carbocycles. The molecule has 4 atom stereocenters. The zero-order valence-corrected chi connectivity index (χ0v) is 14.9. The average Bonchev–Trinajstić information content (AvgIpc) is 3.30. The van der Waals surface area contributed by atoms with E-state index in [1.165, 1.54) is 28.6 Å². The van der Waals surface area contributed by atoms with Crippen molar-refractivity contribution in [2.24, 2.45) is 0 Å². The fourth-order valence-electron chi connectivity index (χ4n) is 3.28. The van der Waals surface area contributed by atoms with Crippen molar-refractivity contribution in [2.45, 2.75) is 30.5 Å². The molecule has 4 heterocycles. The summed E-state index contributed by atoms with van der Waals surface area (Å²) in [7, 11) is 0. The number of aliphatic hydroxyl groups is 3. The number of anilines is 1. The zero-order chi connectivity index (χ0) is 18.5. The summed E-state index contributed by atoms with van der Waals surface area (Å²) in [5.41, 5.74) is 5.80. The predicted octanol–water partition coefficient (Wildman–Crippen LogP) is 0.132. The van der Waals surface area contributed by atoms with E-state index in [0.29, 0.717) is 16.2 Å². The van der Waals surface area contributed by atoms with Gasteiger partial charge in [-0.1, -0.05) is 11.6 Å². The van der Waals surface area contributed by atoms with E-state index in [9.17, 15) is 15.3 Å². The summed E-state index contributed by atoms with van der Waals surface area (Å²) < 4.78 is 7.47. The molecule has 9 nitrogen and oxygen atoms in total. The first kappa shape index (κ1) is 17.6. The molecule has 3 aromatic rings. The SMILES string of the molecule is Nc1ncnc2c1ncn2[C@]1(Cc2cscc2Cl)O[C@H](CO)[C@@H](O)[C@H]1O. The lowest BCUT2D eigenvalue weighted by atomic mass is 9.96. The van der Waals surface area contributed by atoms with Crippen LogP contribution in [-0.4, -0.2) is 59.8 Å². The molecule has 26 heavy (non-hydrogen) atoms. The molecule has 0 radical (unpaired) electrons. The van der Waals surface area contributed by atoms with Crippen LogP contribution in [-0.2, 0) is 16.9 Å². The highest BCUT2D eigenvalue weighted by Crippen LogP contribution is 2.41. The van der Waals surface area contributed by atoms with Crippen LogP contribution in [0.5, 0.6) is 0 Å². The molecule has 11 heteroatoms. The summed E-state index contributed by atoms with van der Waals surface area (Å²) in [5, 5.41) is 34.9. The molecular weight excluding hydrogens is 382 g/mol. The van der Waals surface area contributed by atoms with Gasteiger partial charge in [-0.25, -0.2) is 15.0 Å². The minimum atomic E-state index is -1.47. The van der Waals surface area contributed by atoms with Crippen LogP contribution in [0.25, 0.3) is 11.2 Å². The van der Waals surface area contributed by atoms with Gasteiger partial charge < -0.3 is 25.8 Å². The topological polar surface area (TPSA) is 140 Å². The molecule has 0 saturated carbocycles. The van der Waals surface area contributed by atoms with Crippen LogP contribution >= 0.6 is 22.9 Å². The van der Waals surface area contributed by atoms with Gasteiger partial charge in [0, 0.05) is 11.8 Å². The molecule has 1 aliphatic heterocycles. The molecular formula is C15H16ClN5O4S. The number of nitrogens with zero attached hydrogens (tertiary/aromatic N) is 4. The van der Waals surface area contributed by atoms with Gasteiger partial charge in [-0.05, 0) is 10.9 Å². The van der Waals surface area contributed by atoms with E-state index in [1.54, 1.807) is 5.38 Å². The molecule has 0 aliphatic carbocycles. The highest BCUT2D eigenvalue weighted by molar-refractivity contribution is 7.08. The van der Waals surface area contributed by atoms with Crippen LogP contribution in [0.2, 0.25) is 5.02 Å². The van der Waals surface area contributed by atoms with Crippen molar-refractivity contribution in [2.75, 3.05) is 12.3 Å². The summed E-state index contributed by atoms with van der Waals surface area (Å²) in [6.45, 7) is -0.457. The summed E-state index contributed by atoms with van der Waals surface area (Å²) in [6.07, 6.45) is -0.787. The fraction of sp³-hybridized carbons (Fsp3) is 0.400. The number of fused-ring (bicyclic) bond motifs is 1. The van der Waals surface area contributed by atoms with Crippen LogP contribution in [0.15, 0.2) is 23.4 Å². The summed E-state index contributed by atoms with van der Waals surface area (Å²) in [4.78, 5) is 12.3.